The molecule has 0 radical (unpaired) electrons. The van der Waals surface area contributed by atoms with Gasteiger partial charge in [0.1, 0.15) is 5.69 Å². The van der Waals surface area contributed by atoms with E-state index in [9.17, 15) is 24.1 Å². The number of fused-ring (bicyclic) bond motifs is 1. The van der Waals surface area contributed by atoms with Gasteiger partial charge in [-0.1, -0.05) is 12.1 Å². The number of nitro groups is 1. The van der Waals surface area contributed by atoms with E-state index in [0.717, 1.165) is 0 Å². The summed E-state index contributed by atoms with van der Waals surface area (Å²) in [5, 5.41) is 10.7. The van der Waals surface area contributed by atoms with Gasteiger partial charge in [-0.15, -0.1) is 0 Å². The number of halogens is 1. The van der Waals surface area contributed by atoms with Crippen molar-refractivity contribution in [2.45, 2.75) is 26.8 Å². The minimum absolute atomic E-state index is 0.0135. The molecule has 0 unspecified atom stereocenters. The van der Waals surface area contributed by atoms with Gasteiger partial charge in [0.05, 0.1) is 25.1 Å². The third kappa shape index (κ3) is 6.66. The fourth-order valence-electron chi connectivity index (χ4n) is 3.04. The summed E-state index contributed by atoms with van der Waals surface area (Å²) >= 11 is 0. The molecule has 32 heavy (non-hydrogen) atoms. The zero-order chi connectivity index (χ0) is 23.7. The molecule has 0 spiro atoms. The first-order valence-electron chi connectivity index (χ1n) is 10.0. The van der Waals surface area contributed by atoms with E-state index >= 15 is 0 Å². The van der Waals surface area contributed by atoms with Crippen LogP contribution in [0.4, 0.5) is 4.39 Å². The van der Waals surface area contributed by atoms with Crippen LogP contribution in [0.1, 0.15) is 36.3 Å². The minimum atomic E-state index is -0.468. The average Bonchev–Trinajstić information content (AvgIpc) is 3.17. The van der Waals surface area contributed by atoms with Gasteiger partial charge in [0.2, 0.25) is 5.70 Å². The van der Waals surface area contributed by atoms with Gasteiger partial charge >= 0.3 is 5.97 Å². The Morgan fingerprint density at radius 2 is 2.03 bits per heavy atom. The van der Waals surface area contributed by atoms with Gasteiger partial charge in [0.15, 0.2) is 11.6 Å². The second-order valence-corrected chi connectivity index (χ2v) is 6.88. The zero-order valence-corrected chi connectivity index (χ0v) is 18.2. The largest absolute Gasteiger partial charge is 0.494 e. The van der Waals surface area contributed by atoms with E-state index in [0.29, 0.717) is 37.5 Å². The molecule has 172 valence electrons. The molecule has 1 aliphatic rings. The van der Waals surface area contributed by atoms with Crippen LogP contribution in [-0.2, 0) is 16.1 Å². The lowest BCUT2D eigenvalue weighted by molar-refractivity contribution is -0.422. The van der Waals surface area contributed by atoms with Gasteiger partial charge in [-0.05, 0) is 30.7 Å². The maximum absolute atomic E-state index is 12.5. The van der Waals surface area contributed by atoms with Crippen molar-refractivity contribution in [3.63, 3.8) is 0 Å². The molecule has 0 atom stereocenters. The second-order valence-electron chi connectivity index (χ2n) is 6.88. The Morgan fingerprint density at radius 3 is 2.62 bits per heavy atom. The van der Waals surface area contributed by atoms with Crippen LogP contribution in [0.3, 0.4) is 0 Å². The molecular weight excluding hydrogens is 421 g/mol. The maximum atomic E-state index is 12.5. The van der Waals surface area contributed by atoms with Gasteiger partial charge in [0, 0.05) is 38.8 Å². The van der Waals surface area contributed by atoms with E-state index in [1.54, 1.807) is 46.9 Å². The van der Waals surface area contributed by atoms with Crippen molar-refractivity contribution < 1.29 is 28.4 Å². The molecule has 1 aliphatic heterocycles. The van der Waals surface area contributed by atoms with Gasteiger partial charge < -0.3 is 18.9 Å². The van der Waals surface area contributed by atoms with E-state index in [1.807, 2.05) is 0 Å². The number of ether oxygens (including phenoxy) is 2. The smallest absolute Gasteiger partial charge is 0.307 e. The number of hydrogen-bond donors (Lipinski definition) is 0. The molecular formula is C22H26FN3O6. The van der Waals surface area contributed by atoms with E-state index < -0.39 is 4.92 Å². The quantitative estimate of drug-likeness (QED) is 0.366. The van der Waals surface area contributed by atoms with Crippen molar-refractivity contribution in [3.8, 4) is 5.75 Å². The molecule has 1 amide bonds. The molecule has 3 rings (SSSR count). The van der Waals surface area contributed by atoms with Crippen LogP contribution in [-0.4, -0.2) is 53.1 Å². The van der Waals surface area contributed by atoms with Gasteiger partial charge in [-0.2, -0.15) is 0 Å². The van der Waals surface area contributed by atoms with E-state index in [-0.39, 0.29) is 35.6 Å². The number of allylic oxidation sites excluding steroid dienone is 1. The number of para-hydroxylation sites is 1. The lowest BCUT2D eigenvalue weighted by atomic mass is 10.2. The Hall–Kier alpha value is -3.69. The predicted octanol–water partition coefficient (Wildman–Crippen LogP) is 3.37. The highest BCUT2D eigenvalue weighted by atomic mass is 19.1. The fourth-order valence-corrected chi connectivity index (χ4v) is 3.04. The molecule has 0 saturated carbocycles. The molecule has 0 N–H and O–H groups in total. The van der Waals surface area contributed by atoms with Crippen molar-refractivity contribution in [2.24, 2.45) is 0 Å². The predicted molar refractivity (Wildman–Crippen MR) is 115 cm³/mol. The molecule has 10 heteroatoms. The summed E-state index contributed by atoms with van der Waals surface area (Å²) in [4.78, 5) is 35.6. The summed E-state index contributed by atoms with van der Waals surface area (Å²) in [7, 11) is 1.44. The molecule has 9 nitrogen and oxygen atoms in total. The lowest BCUT2D eigenvalue weighted by Crippen LogP contribution is -2.41. The number of benzene rings is 1. The molecule has 2 heterocycles. The van der Waals surface area contributed by atoms with E-state index in [1.165, 1.54) is 26.2 Å². The third-order valence-electron chi connectivity index (χ3n) is 4.65. The van der Waals surface area contributed by atoms with Crippen molar-refractivity contribution in [3.05, 3.63) is 69.4 Å². The molecule has 0 saturated heterocycles. The summed E-state index contributed by atoms with van der Waals surface area (Å²) in [6.07, 6.45) is 3.32. The van der Waals surface area contributed by atoms with E-state index in [4.69, 9.17) is 4.74 Å². The van der Waals surface area contributed by atoms with Crippen LogP contribution in [0.25, 0.3) is 6.08 Å². The average molecular weight is 447 g/mol. The number of aromatic nitrogens is 1. The number of hydrogen-bond acceptors (Lipinski definition) is 6. The first kappa shape index (κ1) is 24.6. The van der Waals surface area contributed by atoms with Crippen molar-refractivity contribution in [1.29, 1.82) is 0 Å². The lowest BCUT2D eigenvalue weighted by Gasteiger charge is -2.27. The highest BCUT2D eigenvalue weighted by molar-refractivity contribution is 5.94. The topological polar surface area (TPSA) is 104 Å². The molecule has 0 fully saturated rings. The van der Waals surface area contributed by atoms with Crippen molar-refractivity contribution in [1.82, 2.24) is 9.47 Å². The highest BCUT2D eigenvalue weighted by Gasteiger charge is 2.25. The van der Waals surface area contributed by atoms with Crippen LogP contribution in [0.2, 0.25) is 0 Å². The summed E-state index contributed by atoms with van der Waals surface area (Å²) in [5.41, 5.74) is 1.11. The molecule has 0 bridgehead atoms. The Kier molecular flexibility index (Phi) is 8.94. The van der Waals surface area contributed by atoms with Gasteiger partial charge in [0.25, 0.3) is 5.91 Å². The first-order valence-corrected chi connectivity index (χ1v) is 10.0. The fraction of sp³-hybridized carbons (Fsp3) is 0.364. The Morgan fingerprint density at radius 1 is 1.31 bits per heavy atom. The number of carbonyl (C=O) groups excluding carboxylic acids is 2. The number of amides is 1. The van der Waals surface area contributed by atoms with Crippen molar-refractivity contribution in [2.75, 3.05) is 26.8 Å². The normalized spacial score (nSPS) is 13.1. The van der Waals surface area contributed by atoms with Crippen LogP contribution in [0, 0.1) is 15.9 Å². The first-order chi connectivity index (χ1) is 15.3. The summed E-state index contributed by atoms with van der Waals surface area (Å²) in [6.45, 7) is 4.86. The van der Waals surface area contributed by atoms with Crippen LogP contribution >= 0.6 is 0 Å². The number of esters is 1. The SMILES string of the molecule is CCOC(=O)CCN1CCn2cc(/C=C(/C)[N+](=O)[O-])cc2C1=O.COc1ccccc1F. The number of carbonyl (C=O) groups is 2. The summed E-state index contributed by atoms with van der Waals surface area (Å²) in [5.74, 6) is -0.539. The second kappa shape index (κ2) is 11.6. The highest BCUT2D eigenvalue weighted by Crippen LogP contribution is 2.19. The number of nitrogens with zero attached hydrogens (tertiary/aromatic N) is 3. The zero-order valence-electron chi connectivity index (χ0n) is 18.2. The Labute approximate surface area is 185 Å². The van der Waals surface area contributed by atoms with Crippen LogP contribution < -0.4 is 4.74 Å². The number of rotatable bonds is 7. The Bertz CT molecular complexity index is 1000. The number of methoxy groups -OCH3 is 1. The van der Waals surface area contributed by atoms with E-state index in [2.05, 4.69) is 4.74 Å². The molecule has 1 aromatic carbocycles. The molecule has 0 aliphatic carbocycles. The third-order valence-corrected chi connectivity index (χ3v) is 4.65. The molecule has 2 aromatic rings. The van der Waals surface area contributed by atoms with Gasteiger partial charge in [-0.3, -0.25) is 19.7 Å². The van der Waals surface area contributed by atoms with Gasteiger partial charge in [-0.25, -0.2) is 4.39 Å². The standard InChI is InChI=1S/C15H19N3O5.C7H7FO/c1-3-23-14(19)4-5-16-6-7-17-10-12(8-11(2)18(21)22)9-13(17)15(16)20;1-9-7-5-3-2-4-6(7)8/h8-10H,3-7H2,1-2H3;2-5H,1H3/b11-8-;. The maximum Gasteiger partial charge on any atom is 0.307 e. The Balaban J connectivity index is 0.000000336. The van der Waals surface area contributed by atoms with Crippen LogP contribution in [0.15, 0.2) is 42.2 Å². The van der Waals surface area contributed by atoms with Crippen molar-refractivity contribution >= 4 is 18.0 Å². The summed E-state index contributed by atoms with van der Waals surface area (Å²) < 4.78 is 23.8. The van der Waals surface area contributed by atoms with Crippen LogP contribution in [0.5, 0.6) is 5.75 Å². The summed E-state index contributed by atoms with van der Waals surface area (Å²) in [6, 6.07) is 7.92. The minimum Gasteiger partial charge on any atom is -0.494 e. The molecule has 1 aromatic heterocycles. The monoisotopic (exact) mass is 447 g/mol.